The van der Waals surface area contributed by atoms with Crippen LogP contribution in [0.1, 0.15) is 53.3 Å². The summed E-state index contributed by atoms with van der Waals surface area (Å²) in [4.78, 5) is 19.2. The van der Waals surface area contributed by atoms with Crippen LogP contribution >= 0.6 is 0 Å². The fourth-order valence-corrected chi connectivity index (χ4v) is 3.34. The molecule has 1 amide bonds. The van der Waals surface area contributed by atoms with Crippen LogP contribution < -0.4 is 0 Å². The second-order valence-electron chi connectivity index (χ2n) is 6.62. The number of benzene rings is 1. The predicted molar refractivity (Wildman–Crippen MR) is 85.6 cm³/mol. The van der Waals surface area contributed by atoms with Crippen LogP contribution in [-0.4, -0.2) is 44.2 Å². The molecule has 1 atom stereocenters. The molecule has 1 aromatic carbocycles. The molecule has 1 N–H and O–H groups in total. The standard InChI is InChI=1S/C17H17N5O2/c23-17(14-12-3-1-2-4-13(12)19-20-14)22-8-7-11(9-22)15-18-16(24-21-15)10-5-6-10/h1-4,10-11H,5-9H2,(H,19,20). The van der Waals surface area contributed by atoms with Crippen molar-refractivity contribution in [3.63, 3.8) is 0 Å². The Labute approximate surface area is 138 Å². The van der Waals surface area contributed by atoms with Crippen LogP contribution in [0.2, 0.25) is 0 Å². The molecule has 24 heavy (non-hydrogen) atoms. The summed E-state index contributed by atoms with van der Waals surface area (Å²) in [5, 5.41) is 12.1. The zero-order valence-corrected chi connectivity index (χ0v) is 13.1. The van der Waals surface area contributed by atoms with E-state index in [1.807, 2.05) is 29.2 Å². The van der Waals surface area contributed by atoms with Crippen LogP contribution in [0, 0.1) is 0 Å². The highest BCUT2D eigenvalue weighted by molar-refractivity contribution is 6.04. The molecular formula is C17H17N5O2. The lowest BCUT2D eigenvalue weighted by Gasteiger charge is -2.14. The van der Waals surface area contributed by atoms with E-state index in [1.165, 1.54) is 0 Å². The van der Waals surface area contributed by atoms with E-state index in [-0.39, 0.29) is 11.8 Å². The number of para-hydroxylation sites is 1. The molecule has 2 aliphatic rings. The average Bonchev–Trinajstić information content (AvgIpc) is 3.07. The Hall–Kier alpha value is -2.70. The van der Waals surface area contributed by atoms with E-state index in [1.54, 1.807) is 0 Å². The van der Waals surface area contributed by atoms with Gasteiger partial charge in [-0.05, 0) is 25.3 Å². The minimum Gasteiger partial charge on any atom is -0.339 e. The fraction of sp³-hybridized carbons (Fsp3) is 0.412. The molecule has 7 heteroatoms. The molecule has 5 rings (SSSR count). The van der Waals surface area contributed by atoms with E-state index < -0.39 is 0 Å². The number of amides is 1. The van der Waals surface area contributed by atoms with Crippen molar-refractivity contribution in [1.29, 1.82) is 0 Å². The van der Waals surface area contributed by atoms with E-state index in [0.29, 0.717) is 24.7 Å². The normalized spacial score (nSPS) is 20.8. The quantitative estimate of drug-likeness (QED) is 0.800. The first-order chi connectivity index (χ1) is 11.8. The molecule has 0 bridgehead atoms. The van der Waals surface area contributed by atoms with Crippen molar-refractivity contribution in [3.8, 4) is 0 Å². The van der Waals surface area contributed by atoms with Crippen molar-refractivity contribution < 1.29 is 9.32 Å². The Bertz CT molecular complexity index is 910. The molecule has 0 radical (unpaired) electrons. The van der Waals surface area contributed by atoms with Crippen molar-refractivity contribution in [1.82, 2.24) is 25.2 Å². The van der Waals surface area contributed by atoms with Gasteiger partial charge >= 0.3 is 0 Å². The number of nitrogens with zero attached hydrogens (tertiary/aromatic N) is 4. The number of carbonyl (C=O) groups is 1. The van der Waals surface area contributed by atoms with Gasteiger partial charge in [0, 0.05) is 30.3 Å². The maximum absolute atomic E-state index is 12.8. The number of hydrogen-bond donors (Lipinski definition) is 1. The van der Waals surface area contributed by atoms with Gasteiger partial charge in [-0.25, -0.2) is 0 Å². The van der Waals surface area contributed by atoms with Gasteiger partial charge in [0.25, 0.3) is 5.91 Å². The molecule has 1 saturated heterocycles. The number of carbonyl (C=O) groups excluding carboxylic acids is 1. The van der Waals surface area contributed by atoms with Crippen molar-refractivity contribution in [3.05, 3.63) is 41.7 Å². The molecule has 2 fully saturated rings. The van der Waals surface area contributed by atoms with Gasteiger partial charge in [0.05, 0.1) is 5.52 Å². The summed E-state index contributed by atoms with van der Waals surface area (Å²) in [6.07, 6.45) is 3.14. The largest absolute Gasteiger partial charge is 0.339 e. The molecule has 122 valence electrons. The zero-order valence-electron chi connectivity index (χ0n) is 13.1. The number of likely N-dealkylation sites (tertiary alicyclic amines) is 1. The number of fused-ring (bicyclic) bond motifs is 1. The van der Waals surface area contributed by atoms with Gasteiger partial charge in [0.2, 0.25) is 5.89 Å². The Morgan fingerprint density at radius 1 is 1.21 bits per heavy atom. The first-order valence-electron chi connectivity index (χ1n) is 8.35. The second kappa shape index (κ2) is 5.15. The third-order valence-electron chi connectivity index (χ3n) is 4.90. The third-order valence-corrected chi connectivity index (χ3v) is 4.90. The van der Waals surface area contributed by atoms with Crippen molar-refractivity contribution >= 4 is 16.8 Å². The number of nitrogens with one attached hydrogen (secondary N) is 1. The fourth-order valence-electron chi connectivity index (χ4n) is 3.34. The minimum absolute atomic E-state index is 0.0409. The summed E-state index contributed by atoms with van der Waals surface area (Å²) in [5.74, 6) is 2.06. The first kappa shape index (κ1) is 13.7. The van der Waals surface area contributed by atoms with Crippen LogP contribution in [0.25, 0.3) is 10.9 Å². The molecule has 1 aliphatic heterocycles. The zero-order chi connectivity index (χ0) is 16.1. The lowest BCUT2D eigenvalue weighted by atomic mass is 10.1. The van der Waals surface area contributed by atoms with Gasteiger partial charge in [-0.2, -0.15) is 10.1 Å². The summed E-state index contributed by atoms with van der Waals surface area (Å²) in [6, 6.07) is 7.68. The molecular weight excluding hydrogens is 306 g/mol. The minimum atomic E-state index is -0.0409. The molecule has 0 spiro atoms. The van der Waals surface area contributed by atoms with Crippen LogP contribution in [-0.2, 0) is 0 Å². The summed E-state index contributed by atoms with van der Waals surface area (Å²) < 4.78 is 5.34. The lowest BCUT2D eigenvalue weighted by Crippen LogP contribution is -2.29. The number of H-pyrrole nitrogens is 1. The number of aromatic nitrogens is 4. The molecule has 2 aromatic heterocycles. The Balaban J connectivity index is 1.35. The maximum atomic E-state index is 12.8. The van der Waals surface area contributed by atoms with Crippen LogP contribution in [0.15, 0.2) is 28.8 Å². The molecule has 3 aromatic rings. The summed E-state index contributed by atoms with van der Waals surface area (Å²) in [7, 11) is 0. The maximum Gasteiger partial charge on any atom is 0.275 e. The SMILES string of the molecule is O=C(c1n[nH]c2ccccc12)N1CCC(c2noc(C3CC3)n2)C1. The highest BCUT2D eigenvalue weighted by Crippen LogP contribution is 2.39. The van der Waals surface area contributed by atoms with Gasteiger partial charge in [-0.15, -0.1) is 0 Å². The Morgan fingerprint density at radius 2 is 2.08 bits per heavy atom. The van der Waals surface area contributed by atoms with Crippen LogP contribution in [0.5, 0.6) is 0 Å². The summed E-state index contributed by atoms with van der Waals surface area (Å²) in [5.41, 5.74) is 1.36. The van der Waals surface area contributed by atoms with Crippen LogP contribution in [0.4, 0.5) is 0 Å². The highest BCUT2D eigenvalue weighted by Gasteiger charge is 2.35. The average molecular weight is 323 g/mol. The lowest BCUT2D eigenvalue weighted by molar-refractivity contribution is 0.0786. The van der Waals surface area contributed by atoms with Gasteiger partial charge in [-0.1, -0.05) is 23.4 Å². The molecule has 1 saturated carbocycles. The van der Waals surface area contributed by atoms with Crippen LogP contribution in [0.3, 0.4) is 0 Å². The van der Waals surface area contributed by atoms with E-state index in [9.17, 15) is 4.79 Å². The van der Waals surface area contributed by atoms with Crippen molar-refractivity contribution in [2.75, 3.05) is 13.1 Å². The molecule has 3 heterocycles. The van der Waals surface area contributed by atoms with Gasteiger partial charge in [0.15, 0.2) is 11.5 Å². The Kier molecular flexibility index (Phi) is 2.95. The van der Waals surface area contributed by atoms with E-state index in [0.717, 1.165) is 41.9 Å². The topological polar surface area (TPSA) is 87.9 Å². The van der Waals surface area contributed by atoms with E-state index >= 15 is 0 Å². The highest BCUT2D eigenvalue weighted by atomic mass is 16.5. The van der Waals surface area contributed by atoms with E-state index in [4.69, 9.17) is 4.52 Å². The predicted octanol–water partition coefficient (Wildman–Crippen LogP) is 2.45. The van der Waals surface area contributed by atoms with Crippen molar-refractivity contribution in [2.24, 2.45) is 0 Å². The van der Waals surface area contributed by atoms with Crippen molar-refractivity contribution in [2.45, 2.75) is 31.1 Å². The second-order valence-corrected chi connectivity index (χ2v) is 6.62. The smallest absolute Gasteiger partial charge is 0.275 e. The number of hydrogen-bond acceptors (Lipinski definition) is 5. The third kappa shape index (κ3) is 2.19. The molecule has 7 nitrogen and oxygen atoms in total. The Morgan fingerprint density at radius 3 is 2.96 bits per heavy atom. The summed E-state index contributed by atoms with van der Waals surface area (Å²) in [6.45, 7) is 1.31. The first-order valence-corrected chi connectivity index (χ1v) is 8.35. The van der Waals surface area contributed by atoms with Gasteiger partial charge in [0.1, 0.15) is 0 Å². The van der Waals surface area contributed by atoms with Gasteiger partial charge < -0.3 is 9.42 Å². The monoisotopic (exact) mass is 323 g/mol. The molecule has 1 aliphatic carbocycles. The summed E-state index contributed by atoms with van der Waals surface area (Å²) >= 11 is 0. The number of rotatable bonds is 3. The molecule has 1 unspecified atom stereocenters. The van der Waals surface area contributed by atoms with E-state index in [2.05, 4.69) is 20.3 Å². The number of aromatic amines is 1. The van der Waals surface area contributed by atoms with Gasteiger partial charge in [-0.3, -0.25) is 9.89 Å².